The molecule has 0 saturated carbocycles. The van der Waals surface area contributed by atoms with Gasteiger partial charge in [-0.15, -0.1) is 12.4 Å². The molecule has 0 aromatic carbocycles. The maximum absolute atomic E-state index is 12.2. The van der Waals surface area contributed by atoms with Crippen LogP contribution in [0.2, 0.25) is 0 Å². The van der Waals surface area contributed by atoms with Crippen LogP contribution in [-0.2, 0) is 6.42 Å². The van der Waals surface area contributed by atoms with Crippen LogP contribution in [0.5, 0.6) is 0 Å². The summed E-state index contributed by atoms with van der Waals surface area (Å²) in [5.41, 5.74) is 2.81. The Kier molecular flexibility index (Phi) is 5.77. The molecule has 0 spiro atoms. The molecule has 1 aromatic heterocycles. The molecule has 3 N–H and O–H groups in total. The van der Waals surface area contributed by atoms with E-state index in [1.807, 2.05) is 13.8 Å². The number of aromatic amines is 1. The van der Waals surface area contributed by atoms with Gasteiger partial charge in [0.25, 0.3) is 5.91 Å². The summed E-state index contributed by atoms with van der Waals surface area (Å²) < 4.78 is 0. The molecule has 0 aliphatic carbocycles. The predicted molar refractivity (Wildman–Crippen MR) is 80.9 cm³/mol. The van der Waals surface area contributed by atoms with Gasteiger partial charge in [-0.2, -0.15) is 0 Å². The van der Waals surface area contributed by atoms with Crippen LogP contribution in [0.4, 0.5) is 0 Å². The standard InChI is InChI=1S/C14H21N3O2.ClH/c1-4-11-12(9(3)18)8(2)17-13(11)14(19)16-7-10-5-15-6-10;/h10,15,17H,4-7H2,1-3H3,(H,16,19);1H. The molecule has 1 aliphatic heterocycles. The van der Waals surface area contributed by atoms with E-state index in [9.17, 15) is 9.59 Å². The number of carbonyl (C=O) groups is 2. The number of hydrogen-bond acceptors (Lipinski definition) is 3. The van der Waals surface area contributed by atoms with Gasteiger partial charge in [0.2, 0.25) is 0 Å². The second-order valence-corrected chi connectivity index (χ2v) is 5.12. The van der Waals surface area contributed by atoms with E-state index in [0.717, 1.165) is 24.3 Å². The van der Waals surface area contributed by atoms with Gasteiger partial charge in [0.1, 0.15) is 5.69 Å². The third-order valence-electron chi connectivity index (χ3n) is 3.64. The number of rotatable bonds is 5. The predicted octanol–water partition coefficient (Wildman–Crippen LogP) is 1.46. The molecule has 1 aromatic rings. The third-order valence-corrected chi connectivity index (χ3v) is 3.64. The quantitative estimate of drug-likeness (QED) is 0.721. The summed E-state index contributed by atoms with van der Waals surface area (Å²) >= 11 is 0. The number of aromatic nitrogens is 1. The molecule has 2 rings (SSSR count). The van der Waals surface area contributed by atoms with Gasteiger partial charge in [-0.1, -0.05) is 6.92 Å². The fourth-order valence-corrected chi connectivity index (χ4v) is 2.52. The number of amides is 1. The van der Waals surface area contributed by atoms with Crippen LogP contribution in [-0.4, -0.2) is 36.3 Å². The Balaban J connectivity index is 0.00000200. The highest BCUT2D eigenvalue weighted by atomic mass is 35.5. The average molecular weight is 300 g/mol. The lowest BCUT2D eigenvalue weighted by atomic mass is 10.0. The highest BCUT2D eigenvalue weighted by Crippen LogP contribution is 2.20. The zero-order valence-electron chi connectivity index (χ0n) is 12.1. The summed E-state index contributed by atoms with van der Waals surface area (Å²) in [6.07, 6.45) is 0.674. The van der Waals surface area contributed by atoms with Gasteiger partial charge in [0, 0.05) is 36.8 Å². The monoisotopic (exact) mass is 299 g/mol. The first-order valence-corrected chi connectivity index (χ1v) is 6.75. The first kappa shape index (κ1) is 16.7. The average Bonchev–Trinajstić information content (AvgIpc) is 2.63. The Bertz CT molecular complexity index is 507. The molecule has 1 saturated heterocycles. The SMILES string of the molecule is CCc1c(C(=O)NCC2CNC2)[nH]c(C)c1C(C)=O.Cl. The maximum atomic E-state index is 12.2. The van der Waals surface area contributed by atoms with Crippen LogP contribution in [0.3, 0.4) is 0 Å². The van der Waals surface area contributed by atoms with Gasteiger partial charge < -0.3 is 15.6 Å². The number of carbonyl (C=O) groups excluding carboxylic acids is 2. The van der Waals surface area contributed by atoms with E-state index in [1.54, 1.807) is 0 Å². The van der Waals surface area contributed by atoms with Crippen LogP contribution in [0.15, 0.2) is 0 Å². The molecule has 0 bridgehead atoms. The second-order valence-electron chi connectivity index (χ2n) is 5.12. The van der Waals surface area contributed by atoms with Crippen molar-refractivity contribution in [2.24, 2.45) is 5.92 Å². The maximum Gasteiger partial charge on any atom is 0.268 e. The molecule has 112 valence electrons. The fourth-order valence-electron chi connectivity index (χ4n) is 2.52. The smallest absolute Gasteiger partial charge is 0.268 e. The van der Waals surface area contributed by atoms with Gasteiger partial charge in [-0.25, -0.2) is 0 Å². The Morgan fingerprint density at radius 1 is 1.35 bits per heavy atom. The second kappa shape index (κ2) is 6.90. The van der Waals surface area contributed by atoms with E-state index < -0.39 is 0 Å². The molecular formula is C14H22ClN3O2. The summed E-state index contributed by atoms with van der Waals surface area (Å²) in [7, 11) is 0. The molecule has 2 heterocycles. The molecule has 0 atom stereocenters. The van der Waals surface area contributed by atoms with Crippen molar-refractivity contribution in [3.63, 3.8) is 0 Å². The molecule has 0 radical (unpaired) electrons. The van der Waals surface area contributed by atoms with Crippen LogP contribution >= 0.6 is 12.4 Å². The summed E-state index contributed by atoms with van der Waals surface area (Å²) in [6, 6.07) is 0. The summed E-state index contributed by atoms with van der Waals surface area (Å²) in [5.74, 6) is 0.421. The van der Waals surface area contributed by atoms with E-state index in [4.69, 9.17) is 0 Å². The lowest BCUT2D eigenvalue weighted by Crippen LogP contribution is -2.48. The number of Topliss-reactive ketones (excluding diaryl/α,β-unsaturated/α-hetero) is 1. The van der Waals surface area contributed by atoms with Crippen molar-refractivity contribution >= 4 is 24.1 Å². The Hall–Kier alpha value is -1.33. The summed E-state index contributed by atoms with van der Waals surface area (Å²) in [6.45, 7) is 7.94. The molecule has 1 fully saturated rings. The van der Waals surface area contributed by atoms with Crippen molar-refractivity contribution in [1.29, 1.82) is 0 Å². The Morgan fingerprint density at radius 2 is 2.00 bits per heavy atom. The van der Waals surface area contributed by atoms with E-state index in [1.165, 1.54) is 6.92 Å². The summed E-state index contributed by atoms with van der Waals surface area (Å²) in [5, 5.41) is 6.11. The molecule has 1 amide bonds. The van der Waals surface area contributed by atoms with E-state index >= 15 is 0 Å². The van der Waals surface area contributed by atoms with Gasteiger partial charge in [-0.05, 0) is 25.8 Å². The van der Waals surface area contributed by atoms with Crippen molar-refractivity contribution in [2.45, 2.75) is 27.2 Å². The molecular weight excluding hydrogens is 278 g/mol. The number of hydrogen-bond donors (Lipinski definition) is 3. The zero-order chi connectivity index (χ0) is 14.0. The number of nitrogens with one attached hydrogen (secondary N) is 3. The van der Waals surface area contributed by atoms with Gasteiger partial charge >= 0.3 is 0 Å². The third kappa shape index (κ3) is 3.22. The number of halogens is 1. The topological polar surface area (TPSA) is 74.0 Å². The number of ketones is 1. The van der Waals surface area contributed by atoms with Crippen LogP contribution in [0, 0.1) is 12.8 Å². The minimum Gasteiger partial charge on any atom is -0.354 e. The first-order valence-electron chi connectivity index (χ1n) is 6.75. The molecule has 6 heteroatoms. The fraction of sp³-hybridized carbons (Fsp3) is 0.571. The lowest BCUT2D eigenvalue weighted by molar-refractivity contribution is 0.0936. The molecule has 20 heavy (non-hydrogen) atoms. The van der Waals surface area contributed by atoms with Crippen molar-refractivity contribution in [3.8, 4) is 0 Å². The van der Waals surface area contributed by atoms with Gasteiger partial charge in [0.15, 0.2) is 5.78 Å². The van der Waals surface area contributed by atoms with Crippen molar-refractivity contribution in [1.82, 2.24) is 15.6 Å². The molecule has 0 unspecified atom stereocenters. The van der Waals surface area contributed by atoms with Crippen LogP contribution in [0.25, 0.3) is 0 Å². The minimum absolute atomic E-state index is 0. The van der Waals surface area contributed by atoms with Crippen molar-refractivity contribution < 1.29 is 9.59 Å². The van der Waals surface area contributed by atoms with Crippen molar-refractivity contribution in [2.75, 3.05) is 19.6 Å². The number of H-pyrrole nitrogens is 1. The largest absolute Gasteiger partial charge is 0.354 e. The highest BCUT2D eigenvalue weighted by molar-refractivity contribution is 6.02. The van der Waals surface area contributed by atoms with Crippen LogP contribution < -0.4 is 10.6 Å². The summed E-state index contributed by atoms with van der Waals surface area (Å²) in [4.78, 5) is 26.9. The number of aryl methyl sites for hydroxylation is 1. The van der Waals surface area contributed by atoms with E-state index in [0.29, 0.717) is 30.1 Å². The Morgan fingerprint density at radius 3 is 2.45 bits per heavy atom. The van der Waals surface area contributed by atoms with Gasteiger partial charge in [0.05, 0.1) is 0 Å². The van der Waals surface area contributed by atoms with E-state index in [-0.39, 0.29) is 24.1 Å². The van der Waals surface area contributed by atoms with Crippen molar-refractivity contribution in [3.05, 3.63) is 22.5 Å². The minimum atomic E-state index is -0.112. The normalized spacial score (nSPS) is 14.3. The van der Waals surface area contributed by atoms with E-state index in [2.05, 4.69) is 15.6 Å². The first-order chi connectivity index (χ1) is 9.04. The Labute approximate surface area is 125 Å². The highest BCUT2D eigenvalue weighted by Gasteiger charge is 2.23. The molecule has 5 nitrogen and oxygen atoms in total. The lowest BCUT2D eigenvalue weighted by Gasteiger charge is -2.27. The molecule has 1 aliphatic rings. The zero-order valence-corrected chi connectivity index (χ0v) is 12.9. The van der Waals surface area contributed by atoms with Crippen LogP contribution in [0.1, 0.15) is 46.0 Å². The van der Waals surface area contributed by atoms with Gasteiger partial charge in [-0.3, -0.25) is 9.59 Å².